The van der Waals surface area contributed by atoms with E-state index < -0.39 is 0 Å². The SMILES string of the molecule is Nc1cc(N)nc(-c2c(Cl)cc(Cl)cc2Cl)n1. The molecule has 0 saturated heterocycles. The Labute approximate surface area is 113 Å². The topological polar surface area (TPSA) is 77.8 Å². The number of nitrogens with two attached hydrogens (primary N) is 2. The lowest BCUT2D eigenvalue weighted by atomic mass is 10.2. The third-order valence-electron chi connectivity index (χ3n) is 2.00. The number of hydrogen-bond donors (Lipinski definition) is 2. The number of aromatic nitrogens is 2. The molecule has 1 aromatic heterocycles. The molecule has 0 bridgehead atoms. The van der Waals surface area contributed by atoms with E-state index in [-0.39, 0.29) is 17.5 Å². The molecular weight excluding hydrogens is 282 g/mol. The van der Waals surface area contributed by atoms with E-state index in [0.717, 1.165) is 0 Å². The first-order valence-corrected chi connectivity index (χ1v) is 5.65. The van der Waals surface area contributed by atoms with Crippen LogP contribution in [0.15, 0.2) is 18.2 Å². The van der Waals surface area contributed by atoms with Crippen LogP contribution in [0, 0.1) is 0 Å². The number of anilines is 2. The van der Waals surface area contributed by atoms with Gasteiger partial charge in [-0.2, -0.15) is 0 Å². The van der Waals surface area contributed by atoms with Crippen molar-refractivity contribution in [2.24, 2.45) is 0 Å². The van der Waals surface area contributed by atoms with Crippen LogP contribution in [0.3, 0.4) is 0 Å². The Bertz CT molecular complexity index is 543. The lowest BCUT2D eigenvalue weighted by Crippen LogP contribution is -2.00. The number of nitrogens with zero attached hydrogens (tertiary/aromatic N) is 2. The fraction of sp³-hybridized carbons (Fsp3) is 0. The predicted octanol–water partition coefficient (Wildman–Crippen LogP) is 3.27. The molecule has 1 aromatic carbocycles. The second-order valence-electron chi connectivity index (χ2n) is 3.29. The van der Waals surface area contributed by atoms with Crippen molar-refractivity contribution in [1.82, 2.24) is 9.97 Å². The number of nitrogen functional groups attached to an aromatic ring is 2. The van der Waals surface area contributed by atoms with Crippen molar-refractivity contribution in [3.05, 3.63) is 33.3 Å². The highest BCUT2D eigenvalue weighted by molar-refractivity contribution is 6.41. The minimum atomic E-state index is 0.245. The van der Waals surface area contributed by atoms with Gasteiger partial charge in [0.25, 0.3) is 0 Å². The molecule has 0 atom stereocenters. The summed E-state index contributed by atoms with van der Waals surface area (Å²) in [4.78, 5) is 8.06. The highest BCUT2D eigenvalue weighted by Crippen LogP contribution is 2.35. The summed E-state index contributed by atoms with van der Waals surface area (Å²) >= 11 is 17.9. The van der Waals surface area contributed by atoms with Gasteiger partial charge in [0, 0.05) is 11.1 Å². The van der Waals surface area contributed by atoms with Crippen LogP contribution in [0.1, 0.15) is 0 Å². The highest BCUT2D eigenvalue weighted by atomic mass is 35.5. The Hall–Kier alpha value is -1.23. The highest BCUT2D eigenvalue weighted by Gasteiger charge is 2.13. The fourth-order valence-electron chi connectivity index (χ4n) is 1.35. The van der Waals surface area contributed by atoms with E-state index in [9.17, 15) is 0 Å². The van der Waals surface area contributed by atoms with Gasteiger partial charge in [0.2, 0.25) is 0 Å². The molecule has 17 heavy (non-hydrogen) atoms. The second-order valence-corrected chi connectivity index (χ2v) is 4.54. The average molecular weight is 290 g/mol. The van der Waals surface area contributed by atoms with Gasteiger partial charge in [0.05, 0.1) is 15.6 Å². The largest absolute Gasteiger partial charge is 0.384 e. The zero-order chi connectivity index (χ0) is 12.6. The summed E-state index contributed by atoms with van der Waals surface area (Å²) in [5.41, 5.74) is 11.6. The average Bonchev–Trinajstić information content (AvgIpc) is 2.13. The van der Waals surface area contributed by atoms with Crippen LogP contribution in [0.25, 0.3) is 11.4 Å². The standard InChI is InChI=1S/C10H7Cl3N4/c11-4-1-5(12)9(6(13)2-4)10-16-7(14)3-8(15)17-10/h1-3H,(H4,14,15,16,17). The van der Waals surface area contributed by atoms with Gasteiger partial charge in [-0.15, -0.1) is 0 Å². The van der Waals surface area contributed by atoms with Gasteiger partial charge in [0.1, 0.15) is 11.6 Å². The Balaban J connectivity index is 2.68. The van der Waals surface area contributed by atoms with Crippen LogP contribution >= 0.6 is 34.8 Å². The van der Waals surface area contributed by atoms with Crippen LogP contribution < -0.4 is 11.5 Å². The van der Waals surface area contributed by atoms with Gasteiger partial charge >= 0.3 is 0 Å². The third kappa shape index (κ3) is 2.54. The normalized spacial score (nSPS) is 10.5. The van der Waals surface area contributed by atoms with Crippen LogP contribution in [0.4, 0.5) is 11.6 Å². The minimum absolute atomic E-state index is 0.245. The van der Waals surface area contributed by atoms with Crippen molar-refractivity contribution in [3.8, 4) is 11.4 Å². The Morgan fingerprint density at radius 3 is 1.76 bits per heavy atom. The Morgan fingerprint density at radius 1 is 0.824 bits per heavy atom. The van der Waals surface area contributed by atoms with Crippen LogP contribution in [0.5, 0.6) is 0 Å². The summed E-state index contributed by atoms with van der Waals surface area (Å²) in [6.07, 6.45) is 0. The molecule has 0 unspecified atom stereocenters. The first-order chi connectivity index (χ1) is 7.97. The van der Waals surface area contributed by atoms with Crippen molar-refractivity contribution in [1.29, 1.82) is 0 Å². The minimum Gasteiger partial charge on any atom is -0.384 e. The zero-order valence-electron chi connectivity index (χ0n) is 8.42. The second kappa shape index (κ2) is 4.56. The van der Waals surface area contributed by atoms with Crippen LogP contribution in [0.2, 0.25) is 15.1 Å². The molecule has 0 saturated carbocycles. The molecule has 0 aliphatic rings. The monoisotopic (exact) mass is 288 g/mol. The molecule has 0 aliphatic carbocycles. The molecule has 7 heteroatoms. The maximum absolute atomic E-state index is 6.04. The summed E-state index contributed by atoms with van der Waals surface area (Å²) in [6.45, 7) is 0. The molecule has 0 aliphatic heterocycles. The number of halogens is 3. The summed E-state index contributed by atoms with van der Waals surface area (Å²) < 4.78 is 0. The smallest absolute Gasteiger partial charge is 0.166 e. The third-order valence-corrected chi connectivity index (χ3v) is 2.81. The van der Waals surface area contributed by atoms with Crippen molar-refractivity contribution in [3.63, 3.8) is 0 Å². The Kier molecular flexibility index (Phi) is 3.28. The van der Waals surface area contributed by atoms with Gasteiger partial charge in [-0.25, -0.2) is 9.97 Å². The lowest BCUT2D eigenvalue weighted by molar-refractivity contribution is 1.19. The molecule has 88 valence electrons. The summed E-state index contributed by atoms with van der Waals surface area (Å²) in [5.74, 6) is 0.762. The molecular formula is C10H7Cl3N4. The van der Waals surface area contributed by atoms with Crippen LogP contribution in [-0.4, -0.2) is 9.97 Å². The van der Waals surface area contributed by atoms with E-state index in [4.69, 9.17) is 46.3 Å². The van der Waals surface area contributed by atoms with Gasteiger partial charge in [-0.05, 0) is 12.1 Å². The molecule has 4 nitrogen and oxygen atoms in total. The van der Waals surface area contributed by atoms with Crippen molar-refractivity contribution >= 4 is 46.4 Å². The lowest BCUT2D eigenvalue weighted by Gasteiger charge is -2.07. The summed E-state index contributed by atoms with van der Waals surface area (Å²) in [5, 5.41) is 1.11. The van der Waals surface area contributed by atoms with E-state index in [1.54, 1.807) is 12.1 Å². The van der Waals surface area contributed by atoms with Gasteiger partial charge < -0.3 is 11.5 Å². The molecule has 0 amide bonds. The van der Waals surface area contributed by atoms with Gasteiger partial charge in [0.15, 0.2) is 5.82 Å². The van der Waals surface area contributed by atoms with E-state index in [2.05, 4.69) is 9.97 Å². The Morgan fingerprint density at radius 2 is 1.29 bits per heavy atom. The van der Waals surface area contributed by atoms with Crippen molar-refractivity contribution < 1.29 is 0 Å². The molecule has 0 radical (unpaired) electrons. The quantitative estimate of drug-likeness (QED) is 0.844. The van der Waals surface area contributed by atoms with Crippen LogP contribution in [-0.2, 0) is 0 Å². The number of hydrogen-bond acceptors (Lipinski definition) is 4. The molecule has 0 spiro atoms. The molecule has 2 rings (SSSR count). The summed E-state index contributed by atoms with van der Waals surface area (Å²) in [7, 11) is 0. The summed E-state index contributed by atoms with van der Waals surface area (Å²) in [6, 6.07) is 4.54. The fourth-order valence-corrected chi connectivity index (χ4v) is 2.34. The van der Waals surface area contributed by atoms with Crippen molar-refractivity contribution in [2.45, 2.75) is 0 Å². The van der Waals surface area contributed by atoms with E-state index in [1.165, 1.54) is 6.07 Å². The van der Waals surface area contributed by atoms with Gasteiger partial charge in [-0.1, -0.05) is 34.8 Å². The first kappa shape index (κ1) is 12.2. The zero-order valence-corrected chi connectivity index (χ0v) is 10.7. The number of rotatable bonds is 1. The first-order valence-electron chi connectivity index (χ1n) is 4.52. The van der Waals surface area contributed by atoms with E-state index >= 15 is 0 Å². The van der Waals surface area contributed by atoms with E-state index in [0.29, 0.717) is 20.6 Å². The molecule has 4 N–H and O–H groups in total. The maximum atomic E-state index is 6.04. The van der Waals surface area contributed by atoms with Crippen molar-refractivity contribution in [2.75, 3.05) is 11.5 Å². The van der Waals surface area contributed by atoms with Gasteiger partial charge in [-0.3, -0.25) is 0 Å². The van der Waals surface area contributed by atoms with E-state index in [1.807, 2.05) is 0 Å². The molecule has 0 fully saturated rings. The predicted molar refractivity (Wildman–Crippen MR) is 71.3 cm³/mol. The number of benzene rings is 1. The molecule has 2 aromatic rings. The molecule has 1 heterocycles. The maximum Gasteiger partial charge on any atom is 0.166 e.